The summed E-state index contributed by atoms with van der Waals surface area (Å²) in [6.07, 6.45) is 4.02. The van der Waals surface area contributed by atoms with Crippen LogP contribution in [-0.2, 0) is 4.74 Å². The SMILES string of the molecule is COC(=O)c1cccc(Nc2cc(Oc3sc(NC4CC4)nc3-c3ccccc3)ccn2)c1. The van der Waals surface area contributed by atoms with Crippen molar-refractivity contribution in [1.82, 2.24) is 9.97 Å². The second-order valence-corrected chi connectivity index (χ2v) is 8.58. The van der Waals surface area contributed by atoms with E-state index in [0.717, 1.165) is 22.1 Å². The number of aromatic nitrogens is 2. The van der Waals surface area contributed by atoms with Gasteiger partial charge in [-0.1, -0.05) is 47.7 Å². The molecule has 0 radical (unpaired) electrons. The summed E-state index contributed by atoms with van der Waals surface area (Å²) in [7, 11) is 1.36. The molecule has 1 aliphatic carbocycles. The number of anilines is 3. The average molecular weight is 459 g/mol. The Kier molecular flexibility index (Phi) is 5.91. The molecule has 2 aromatic carbocycles. The lowest BCUT2D eigenvalue weighted by Gasteiger charge is -2.09. The molecule has 0 aliphatic heterocycles. The second-order valence-electron chi connectivity index (χ2n) is 7.62. The van der Waals surface area contributed by atoms with E-state index < -0.39 is 5.97 Å². The largest absolute Gasteiger partial charge is 0.465 e. The normalized spacial score (nSPS) is 12.8. The number of rotatable bonds is 8. The van der Waals surface area contributed by atoms with Gasteiger partial charge >= 0.3 is 5.97 Å². The number of methoxy groups -OCH3 is 1. The summed E-state index contributed by atoms with van der Waals surface area (Å²) in [6, 6.07) is 21.2. The van der Waals surface area contributed by atoms with Gasteiger partial charge in [-0.05, 0) is 37.1 Å². The number of esters is 1. The van der Waals surface area contributed by atoms with Gasteiger partial charge < -0.3 is 20.1 Å². The zero-order valence-electron chi connectivity index (χ0n) is 17.9. The van der Waals surface area contributed by atoms with Gasteiger partial charge in [-0.25, -0.2) is 14.8 Å². The van der Waals surface area contributed by atoms with Crippen molar-refractivity contribution >= 4 is 33.9 Å². The van der Waals surface area contributed by atoms with Gasteiger partial charge in [0.2, 0.25) is 5.06 Å². The van der Waals surface area contributed by atoms with E-state index in [-0.39, 0.29) is 0 Å². The number of carbonyl (C=O) groups is 1. The predicted octanol–water partition coefficient (Wildman–Crippen LogP) is 6.10. The molecule has 4 aromatic rings. The predicted molar refractivity (Wildman–Crippen MR) is 130 cm³/mol. The van der Waals surface area contributed by atoms with Crippen molar-refractivity contribution in [1.29, 1.82) is 0 Å². The molecule has 1 saturated carbocycles. The zero-order valence-corrected chi connectivity index (χ0v) is 18.8. The van der Waals surface area contributed by atoms with E-state index in [1.165, 1.54) is 31.3 Å². The minimum Gasteiger partial charge on any atom is -0.465 e. The van der Waals surface area contributed by atoms with E-state index in [0.29, 0.717) is 28.2 Å². The zero-order chi connectivity index (χ0) is 22.6. The molecule has 0 atom stereocenters. The van der Waals surface area contributed by atoms with E-state index in [9.17, 15) is 4.79 Å². The minimum absolute atomic E-state index is 0.391. The van der Waals surface area contributed by atoms with Gasteiger partial charge in [0.05, 0.1) is 12.7 Å². The van der Waals surface area contributed by atoms with Crippen LogP contribution in [0, 0.1) is 0 Å². The van der Waals surface area contributed by atoms with E-state index >= 15 is 0 Å². The van der Waals surface area contributed by atoms with E-state index in [4.69, 9.17) is 14.5 Å². The van der Waals surface area contributed by atoms with Crippen LogP contribution in [0.4, 0.5) is 16.6 Å². The number of nitrogens with zero attached hydrogens (tertiary/aromatic N) is 2. The molecule has 0 unspecified atom stereocenters. The molecule has 7 nitrogen and oxygen atoms in total. The fraction of sp³-hybridized carbons (Fsp3) is 0.160. The number of thiazole rings is 1. The molecule has 0 amide bonds. The molecule has 166 valence electrons. The maximum Gasteiger partial charge on any atom is 0.337 e. The Morgan fingerprint density at radius 2 is 1.91 bits per heavy atom. The smallest absolute Gasteiger partial charge is 0.337 e. The first-order chi connectivity index (χ1) is 16.2. The van der Waals surface area contributed by atoms with Crippen molar-refractivity contribution in [3.63, 3.8) is 0 Å². The van der Waals surface area contributed by atoms with Gasteiger partial charge in [-0.2, -0.15) is 0 Å². The molecule has 0 spiro atoms. The molecule has 0 saturated heterocycles. The number of nitrogens with one attached hydrogen (secondary N) is 2. The monoisotopic (exact) mass is 458 g/mol. The van der Waals surface area contributed by atoms with Gasteiger partial charge in [-0.15, -0.1) is 0 Å². The number of carbonyl (C=O) groups excluding carboxylic acids is 1. The van der Waals surface area contributed by atoms with Crippen LogP contribution in [0.1, 0.15) is 23.2 Å². The van der Waals surface area contributed by atoms with Crippen LogP contribution >= 0.6 is 11.3 Å². The lowest BCUT2D eigenvalue weighted by Crippen LogP contribution is -2.02. The first-order valence-corrected chi connectivity index (χ1v) is 11.4. The molecule has 2 heterocycles. The van der Waals surface area contributed by atoms with Crippen LogP contribution < -0.4 is 15.4 Å². The van der Waals surface area contributed by atoms with Gasteiger partial charge in [0, 0.05) is 29.6 Å². The molecule has 2 N–H and O–H groups in total. The fourth-order valence-corrected chi connectivity index (χ4v) is 4.19. The van der Waals surface area contributed by atoms with Crippen LogP contribution in [0.3, 0.4) is 0 Å². The van der Waals surface area contributed by atoms with Crippen LogP contribution in [0.5, 0.6) is 10.8 Å². The molecular formula is C25H22N4O3S. The Balaban J connectivity index is 1.38. The summed E-state index contributed by atoms with van der Waals surface area (Å²) in [4.78, 5) is 21.0. The Morgan fingerprint density at radius 3 is 2.70 bits per heavy atom. The van der Waals surface area contributed by atoms with Crippen molar-refractivity contribution < 1.29 is 14.3 Å². The van der Waals surface area contributed by atoms with E-state index in [2.05, 4.69) is 15.6 Å². The van der Waals surface area contributed by atoms with Gasteiger partial charge in [0.25, 0.3) is 0 Å². The molecule has 33 heavy (non-hydrogen) atoms. The number of benzene rings is 2. The molecule has 2 aromatic heterocycles. The van der Waals surface area contributed by atoms with Crippen molar-refractivity contribution in [3.8, 4) is 22.1 Å². The number of ether oxygens (including phenoxy) is 2. The highest BCUT2D eigenvalue weighted by atomic mass is 32.1. The highest BCUT2D eigenvalue weighted by Crippen LogP contribution is 2.42. The van der Waals surface area contributed by atoms with E-state index in [1.807, 2.05) is 42.5 Å². The quantitative estimate of drug-likeness (QED) is 0.309. The highest BCUT2D eigenvalue weighted by Gasteiger charge is 2.24. The standard InChI is InChI=1S/C25H22N4O3S/c1-31-23(30)17-8-5-9-19(14-17)27-21-15-20(12-13-26-21)32-24-22(16-6-3-2-4-7-16)29-25(33-24)28-18-10-11-18/h2-9,12-15,18H,10-11H2,1H3,(H,26,27)(H,28,29). The van der Waals surface area contributed by atoms with Crippen molar-refractivity contribution in [3.05, 3.63) is 78.5 Å². The van der Waals surface area contributed by atoms with Crippen LogP contribution in [-0.4, -0.2) is 29.1 Å². The van der Waals surface area contributed by atoms with Crippen LogP contribution in [0.2, 0.25) is 0 Å². The molecule has 8 heteroatoms. The first kappa shape index (κ1) is 21.0. The van der Waals surface area contributed by atoms with Gasteiger partial charge in [0.1, 0.15) is 17.3 Å². The van der Waals surface area contributed by atoms with Crippen LogP contribution in [0.15, 0.2) is 72.9 Å². The lowest BCUT2D eigenvalue weighted by molar-refractivity contribution is 0.0601. The van der Waals surface area contributed by atoms with Gasteiger partial charge in [0.15, 0.2) is 5.13 Å². The first-order valence-electron chi connectivity index (χ1n) is 10.6. The Labute approximate surface area is 195 Å². The summed E-state index contributed by atoms with van der Waals surface area (Å²) in [5, 5.41) is 8.25. The third kappa shape index (κ3) is 5.12. The minimum atomic E-state index is -0.391. The molecular weight excluding hydrogens is 436 g/mol. The summed E-state index contributed by atoms with van der Waals surface area (Å²) >= 11 is 1.50. The highest BCUT2D eigenvalue weighted by molar-refractivity contribution is 7.17. The number of pyridine rings is 1. The topological polar surface area (TPSA) is 85.4 Å². The summed E-state index contributed by atoms with van der Waals surface area (Å²) < 4.78 is 11.1. The summed E-state index contributed by atoms with van der Waals surface area (Å²) in [6.45, 7) is 0. The average Bonchev–Trinajstić information content (AvgIpc) is 3.58. The third-order valence-corrected chi connectivity index (χ3v) is 5.91. The molecule has 5 rings (SSSR count). The van der Waals surface area contributed by atoms with Crippen molar-refractivity contribution in [2.45, 2.75) is 18.9 Å². The summed E-state index contributed by atoms with van der Waals surface area (Å²) in [5.41, 5.74) is 2.99. The van der Waals surface area contributed by atoms with E-state index in [1.54, 1.807) is 30.5 Å². The number of hydrogen-bond acceptors (Lipinski definition) is 8. The maximum atomic E-state index is 11.8. The van der Waals surface area contributed by atoms with Crippen molar-refractivity contribution in [2.75, 3.05) is 17.7 Å². The number of hydrogen-bond donors (Lipinski definition) is 2. The van der Waals surface area contributed by atoms with Gasteiger partial charge in [-0.3, -0.25) is 0 Å². The second kappa shape index (κ2) is 9.30. The Hall–Kier alpha value is -3.91. The molecule has 1 aliphatic rings. The Bertz CT molecular complexity index is 1270. The molecule has 0 bridgehead atoms. The Morgan fingerprint density at radius 1 is 1.06 bits per heavy atom. The third-order valence-electron chi connectivity index (χ3n) is 5.05. The van der Waals surface area contributed by atoms with Crippen LogP contribution in [0.25, 0.3) is 11.3 Å². The fourth-order valence-electron chi connectivity index (χ4n) is 3.26. The molecule has 1 fully saturated rings. The summed E-state index contributed by atoms with van der Waals surface area (Å²) in [5.74, 6) is 0.838. The maximum absolute atomic E-state index is 11.8. The van der Waals surface area contributed by atoms with Crippen molar-refractivity contribution in [2.24, 2.45) is 0 Å². The lowest BCUT2D eigenvalue weighted by atomic mass is 10.2.